The summed E-state index contributed by atoms with van der Waals surface area (Å²) in [6, 6.07) is 12.9. The molecule has 0 atom stereocenters. The third-order valence-corrected chi connectivity index (χ3v) is 3.34. The van der Waals surface area contributed by atoms with E-state index in [9.17, 15) is 13.2 Å². The van der Waals surface area contributed by atoms with Gasteiger partial charge in [-0.3, -0.25) is 0 Å². The predicted molar refractivity (Wildman–Crippen MR) is 85.4 cm³/mol. The van der Waals surface area contributed by atoms with E-state index < -0.39 is 11.7 Å². The fraction of sp³-hybridized carbons (Fsp3) is 0.368. The molecule has 2 rings (SSSR count). The van der Waals surface area contributed by atoms with Crippen LogP contribution in [0.3, 0.4) is 0 Å². The van der Waals surface area contributed by atoms with E-state index in [1.165, 1.54) is 17.7 Å². The highest BCUT2D eigenvalue weighted by Gasteiger charge is 2.29. The van der Waals surface area contributed by atoms with E-state index >= 15 is 0 Å². The second-order valence-corrected chi connectivity index (χ2v) is 6.86. The van der Waals surface area contributed by atoms with E-state index in [1.807, 2.05) is 12.1 Å². The normalized spacial score (nSPS) is 12.3. The van der Waals surface area contributed by atoms with E-state index in [1.54, 1.807) is 0 Å². The van der Waals surface area contributed by atoms with Crippen LogP contribution < -0.4 is 4.74 Å². The van der Waals surface area contributed by atoms with E-state index in [2.05, 4.69) is 32.9 Å². The fourth-order valence-electron chi connectivity index (χ4n) is 2.27. The Morgan fingerprint density at radius 1 is 0.783 bits per heavy atom. The maximum Gasteiger partial charge on any atom is 0.416 e. The molecule has 124 valence electrons. The van der Waals surface area contributed by atoms with E-state index in [4.69, 9.17) is 4.74 Å². The molecule has 0 aliphatic heterocycles. The zero-order valence-electron chi connectivity index (χ0n) is 13.6. The van der Waals surface area contributed by atoms with Gasteiger partial charge in [0, 0.05) is 0 Å². The van der Waals surface area contributed by atoms with Crippen molar-refractivity contribution >= 4 is 0 Å². The average molecular weight is 322 g/mol. The van der Waals surface area contributed by atoms with Crippen LogP contribution >= 0.6 is 0 Å². The topological polar surface area (TPSA) is 9.23 Å². The summed E-state index contributed by atoms with van der Waals surface area (Å²) in [5.41, 5.74) is 1.81. The first-order valence-corrected chi connectivity index (χ1v) is 7.51. The van der Waals surface area contributed by atoms with Gasteiger partial charge in [-0.05, 0) is 47.2 Å². The summed E-state index contributed by atoms with van der Waals surface area (Å²) in [6.45, 7) is 6.90. The Kier molecular flexibility index (Phi) is 5.03. The molecule has 2 aromatic carbocycles. The minimum Gasteiger partial charge on any atom is -0.489 e. The monoisotopic (exact) mass is 322 g/mol. The highest BCUT2D eigenvalue weighted by Crippen LogP contribution is 2.30. The SMILES string of the molecule is CC(C)(C)Cc1ccc(COc2ccc(C(F)(F)F)cc2)cc1. The number of benzene rings is 2. The third-order valence-electron chi connectivity index (χ3n) is 3.34. The number of hydrogen-bond donors (Lipinski definition) is 0. The Labute approximate surface area is 135 Å². The number of alkyl halides is 3. The zero-order chi connectivity index (χ0) is 17.1. The van der Waals surface area contributed by atoms with Gasteiger partial charge in [0.15, 0.2) is 0 Å². The van der Waals surface area contributed by atoms with Crippen molar-refractivity contribution < 1.29 is 17.9 Å². The smallest absolute Gasteiger partial charge is 0.416 e. The molecule has 0 aliphatic carbocycles. The van der Waals surface area contributed by atoms with Gasteiger partial charge in [0.05, 0.1) is 5.56 Å². The van der Waals surface area contributed by atoms with Crippen molar-refractivity contribution in [1.82, 2.24) is 0 Å². The molecule has 0 fully saturated rings. The van der Waals surface area contributed by atoms with Crippen LogP contribution in [0.5, 0.6) is 5.75 Å². The lowest BCUT2D eigenvalue weighted by atomic mass is 9.88. The van der Waals surface area contributed by atoms with Gasteiger partial charge in [0.1, 0.15) is 12.4 Å². The largest absolute Gasteiger partial charge is 0.489 e. The molecule has 0 saturated heterocycles. The molecule has 0 N–H and O–H groups in total. The van der Waals surface area contributed by atoms with Crippen molar-refractivity contribution in [3.05, 3.63) is 65.2 Å². The first-order chi connectivity index (χ1) is 10.6. The van der Waals surface area contributed by atoms with Gasteiger partial charge in [0.25, 0.3) is 0 Å². The maximum atomic E-state index is 12.5. The van der Waals surface area contributed by atoms with Crippen molar-refractivity contribution in [1.29, 1.82) is 0 Å². The summed E-state index contributed by atoms with van der Waals surface area (Å²) in [6.07, 6.45) is -3.32. The quantitative estimate of drug-likeness (QED) is 0.683. The standard InChI is InChI=1S/C19H21F3O/c1-18(2,3)12-14-4-6-15(7-5-14)13-23-17-10-8-16(9-11-17)19(20,21)22/h4-11H,12-13H2,1-3H3. The van der Waals surface area contributed by atoms with Gasteiger partial charge >= 0.3 is 6.18 Å². The predicted octanol–water partition coefficient (Wildman–Crippen LogP) is 5.87. The summed E-state index contributed by atoms with van der Waals surface area (Å²) in [5, 5.41) is 0. The summed E-state index contributed by atoms with van der Waals surface area (Å²) in [7, 11) is 0. The van der Waals surface area contributed by atoms with Gasteiger partial charge in [-0.15, -0.1) is 0 Å². The van der Waals surface area contributed by atoms with Crippen molar-refractivity contribution in [3.63, 3.8) is 0 Å². The molecule has 0 unspecified atom stereocenters. The van der Waals surface area contributed by atoms with Crippen LogP contribution in [0.15, 0.2) is 48.5 Å². The maximum absolute atomic E-state index is 12.5. The molecule has 0 bridgehead atoms. The molecular weight excluding hydrogens is 301 g/mol. The lowest BCUT2D eigenvalue weighted by molar-refractivity contribution is -0.137. The summed E-state index contributed by atoms with van der Waals surface area (Å²) >= 11 is 0. The molecule has 0 amide bonds. The molecule has 0 radical (unpaired) electrons. The van der Waals surface area contributed by atoms with Crippen LogP contribution in [0.25, 0.3) is 0 Å². The molecule has 1 nitrogen and oxygen atoms in total. The van der Waals surface area contributed by atoms with Crippen LogP contribution in [0, 0.1) is 5.41 Å². The highest BCUT2D eigenvalue weighted by molar-refractivity contribution is 5.29. The molecular formula is C19H21F3O. The lowest BCUT2D eigenvalue weighted by Crippen LogP contribution is -2.09. The number of ether oxygens (including phenoxy) is 1. The molecule has 0 heterocycles. The van der Waals surface area contributed by atoms with E-state index in [0.29, 0.717) is 12.4 Å². The molecule has 2 aromatic rings. The first kappa shape index (κ1) is 17.4. The second kappa shape index (κ2) is 6.65. The van der Waals surface area contributed by atoms with Crippen molar-refractivity contribution in [2.24, 2.45) is 5.41 Å². The molecule has 0 aliphatic rings. The molecule has 0 saturated carbocycles. The summed E-state index contributed by atoms with van der Waals surface area (Å²) in [5.74, 6) is 0.428. The molecule has 0 aromatic heterocycles. The van der Waals surface area contributed by atoms with Crippen molar-refractivity contribution in [3.8, 4) is 5.75 Å². The minimum atomic E-state index is -4.32. The van der Waals surface area contributed by atoms with Crippen molar-refractivity contribution in [2.75, 3.05) is 0 Å². The Bertz CT molecular complexity index is 620. The molecule has 0 spiro atoms. The van der Waals surface area contributed by atoms with Gasteiger partial charge in [0.2, 0.25) is 0 Å². The van der Waals surface area contributed by atoms with Gasteiger partial charge in [-0.1, -0.05) is 45.0 Å². The first-order valence-electron chi connectivity index (χ1n) is 7.51. The molecule has 23 heavy (non-hydrogen) atoms. The average Bonchev–Trinajstić information content (AvgIpc) is 2.44. The fourth-order valence-corrected chi connectivity index (χ4v) is 2.27. The Hall–Kier alpha value is -1.97. The summed E-state index contributed by atoms with van der Waals surface area (Å²) < 4.78 is 43.0. The highest BCUT2D eigenvalue weighted by atomic mass is 19.4. The van der Waals surface area contributed by atoms with Gasteiger partial charge in [-0.2, -0.15) is 13.2 Å². The number of halogens is 3. The molecule has 4 heteroatoms. The Balaban J connectivity index is 1.93. The van der Waals surface area contributed by atoms with Crippen LogP contribution in [0.4, 0.5) is 13.2 Å². The number of rotatable bonds is 4. The van der Waals surface area contributed by atoms with Crippen molar-refractivity contribution in [2.45, 2.75) is 40.0 Å². The third kappa shape index (κ3) is 5.62. The minimum absolute atomic E-state index is 0.234. The van der Waals surface area contributed by atoms with Crippen LogP contribution in [-0.4, -0.2) is 0 Å². The second-order valence-electron chi connectivity index (χ2n) is 6.86. The Morgan fingerprint density at radius 2 is 1.30 bits per heavy atom. The number of hydrogen-bond acceptors (Lipinski definition) is 1. The van der Waals surface area contributed by atoms with Crippen LogP contribution in [-0.2, 0) is 19.2 Å². The Morgan fingerprint density at radius 3 is 1.78 bits per heavy atom. The van der Waals surface area contributed by atoms with E-state index in [0.717, 1.165) is 24.1 Å². The van der Waals surface area contributed by atoms with Gasteiger partial charge < -0.3 is 4.74 Å². The van der Waals surface area contributed by atoms with Crippen LogP contribution in [0.2, 0.25) is 0 Å². The van der Waals surface area contributed by atoms with E-state index in [-0.39, 0.29) is 5.41 Å². The van der Waals surface area contributed by atoms with Crippen LogP contribution in [0.1, 0.15) is 37.5 Å². The zero-order valence-corrected chi connectivity index (χ0v) is 13.6. The van der Waals surface area contributed by atoms with Gasteiger partial charge in [-0.25, -0.2) is 0 Å². The summed E-state index contributed by atoms with van der Waals surface area (Å²) in [4.78, 5) is 0. The lowest BCUT2D eigenvalue weighted by Gasteiger charge is -2.18.